The fraction of sp³-hybridized carbons (Fsp3) is 0.300. The van der Waals surface area contributed by atoms with Crippen LogP contribution in [-0.4, -0.2) is 30.0 Å². The van der Waals surface area contributed by atoms with Gasteiger partial charge in [-0.25, -0.2) is 18.1 Å². The first-order chi connectivity index (χ1) is 18.4. The first kappa shape index (κ1) is 24.6. The van der Waals surface area contributed by atoms with Crippen molar-refractivity contribution in [2.75, 3.05) is 11.3 Å². The molecule has 2 aromatic carbocycles. The van der Waals surface area contributed by atoms with Crippen LogP contribution < -0.4 is 9.46 Å². The van der Waals surface area contributed by atoms with Crippen LogP contribution in [0.3, 0.4) is 0 Å². The van der Waals surface area contributed by atoms with Crippen molar-refractivity contribution in [1.82, 2.24) is 15.0 Å². The average molecular weight is 527 g/mol. The van der Waals surface area contributed by atoms with Crippen molar-refractivity contribution in [3.8, 4) is 17.1 Å². The summed E-state index contributed by atoms with van der Waals surface area (Å²) in [5.41, 5.74) is 5.67. The number of rotatable bonds is 2. The summed E-state index contributed by atoms with van der Waals surface area (Å²) in [6.07, 6.45) is 4.84. The van der Waals surface area contributed by atoms with E-state index in [-0.39, 0.29) is 28.6 Å². The third-order valence-electron chi connectivity index (χ3n) is 7.76. The quantitative estimate of drug-likeness (QED) is 0.343. The Hall–Kier alpha value is -3.78. The highest BCUT2D eigenvalue weighted by Gasteiger charge is 2.37. The number of benzene rings is 2. The van der Waals surface area contributed by atoms with Crippen LogP contribution >= 0.6 is 0 Å². The molecule has 1 aliphatic carbocycles. The lowest BCUT2D eigenvalue weighted by Crippen LogP contribution is -2.30. The second-order valence-electron chi connectivity index (χ2n) is 10.2. The van der Waals surface area contributed by atoms with Crippen LogP contribution in [0.25, 0.3) is 11.3 Å². The number of fused-ring (bicyclic) bond motifs is 6. The maximum atomic E-state index is 13.5. The van der Waals surface area contributed by atoms with Gasteiger partial charge in [0, 0.05) is 35.4 Å². The smallest absolute Gasteiger partial charge is 0.264 e. The molecule has 3 heterocycles. The topological polar surface area (TPSA) is 94.1 Å². The molecular formula is C30H30N4O3S. The lowest BCUT2D eigenvalue weighted by atomic mass is 9.68. The van der Waals surface area contributed by atoms with Gasteiger partial charge in [-0.3, -0.25) is 4.98 Å². The minimum Gasteiger partial charge on any atom is -0.477 e. The molecule has 194 valence electrons. The monoisotopic (exact) mass is 526 g/mol. The summed E-state index contributed by atoms with van der Waals surface area (Å²) in [6, 6.07) is 21.1. The molecule has 3 atom stereocenters. The van der Waals surface area contributed by atoms with Crippen molar-refractivity contribution < 1.29 is 13.2 Å². The standard InChI is InChI=1S/C30H30N4O3S/c1-19-8-5-9-20(2)28(19)26-17-27-33-30(32-26)34-38(35,36)23-12-6-10-21(16-23)29-22(18-37-27)11-7-13-24(29)25-14-3-4-15-31-25/h3-6,8-10,12,14-17,22,24,29H,7,11,13,18H2,1-2H3,(H,32,33,34)/t22-,24-,29?/m1/s1. The van der Waals surface area contributed by atoms with Gasteiger partial charge in [-0.1, -0.05) is 42.8 Å². The summed E-state index contributed by atoms with van der Waals surface area (Å²) >= 11 is 0. The van der Waals surface area contributed by atoms with Gasteiger partial charge >= 0.3 is 0 Å². The second-order valence-corrected chi connectivity index (χ2v) is 11.9. The summed E-state index contributed by atoms with van der Waals surface area (Å²) in [5.74, 6) is 0.755. The predicted octanol–water partition coefficient (Wildman–Crippen LogP) is 6.02. The molecule has 0 saturated heterocycles. The van der Waals surface area contributed by atoms with Crippen molar-refractivity contribution in [3.63, 3.8) is 0 Å². The Labute approximate surface area is 223 Å². The molecule has 4 aromatic rings. The Morgan fingerprint density at radius 1 is 0.921 bits per heavy atom. The first-order valence-corrected chi connectivity index (χ1v) is 14.5. The van der Waals surface area contributed by atoms with Gasteiger partial charge in [0.15, 0.2) is 0 Å². The van der Waals surface area contributed by atoms with E-state index in [1.807, 2.05) is 68.6 Å². The molecule has 0 amide bonds. The maximum Gasteiger partial charge on any atom is 0.264 e. The second kappa shape index (κ2) is 9.83. The molecule has 8 heteroatoms. The number of anilines is 1. The van der Waals surface area contributed by atoms with E-state index in [4.69, 9.17) is 4.74 Å². The number of hydrogen-bond donors (Lipinski definition) is 1. The molecule has 1 unspecified atom stereocenters. The van der Waals surface area contributed by atoms with Crippen molar-refractivity contribution in [2.24, 2.45) is 5.92 Å². The van der Waals surface area contributed by atoms with Crippen LogP contribution in [0.15, 0.2) is 77.8 Å². The zero-order chi connectivity index (χ0) is 26.3. The maximum absolute atomic E-state index is 13.5. The van der Waals surface area contributed by atoms with Gasteiger partial charge in [0.05, 0.1) is 17.2 Å². The van der Waals surface area contributed by atoms with Crippen LogP contribution in [0, 0.1) is 19.8 Å². The number of hydrogen-bond acceptors (Lipinski definition) is 6. The Morgan fingerprint density at radius 3 is 2.53 bits per heavy atom. The molecule has 1 saturated carbocycles. The number of aryl methyl sites for hydroxylation is 2. The van der Waals surface area contributed by atoms with E-state index in [0.29, 0.717) is 18.2 Å². The third kappa shape index (κ3) is 4.65. The summed E-state index contributed by atoms with van der Waals surface area (Å²) in [6.45, 7) is 4.50. The highest BCUT2D eigenvalue weighted by atomic mass is 32.2. The Kier molecular flexibility index (Phi) is 6.35. The van der Waals surface area contributed by atoms with Gasteiger partial charge < -0.3 is 4.74 Å². The molecule has 38 heavy (non-hydrogen) atoms. The van der Waals surface area contributed by atoms with Crippen LogP contribution in [0.5, 0.6) is 5.88 Å². The van der Waals surface area contributed by atoms with Gasteiger partial charge in [0.25, 0.3) is 10.0 Å². The number of pyridine rings is 1. The largest absolute Gasteiger partial charge is 0.477 e. The third-order valence-corrected chi connectivity index (χ3v) is 9.09. The normalized spacial score (nSPS) is 22.1. The van der Waals surface area contributed by atoms with Crippen LogP contribution in [0.4, 0.5) is 5.95 Å². The number of sulfonamides is 1. The van der Waals surface area contributed by atoms with E-state index in [1.165, 1.54) is 0 Å². The van der Waals surface area contributed by atoms with Gasteiger partial charge in [-0.2, -0.15) is 4.98 Å². The summed E-state index contributed by atoms with van der Waals surface area (Å²) < 4.78 is 36.0. The molecule has 7 nitrogen and oxygen atoms in total. The van der Waals surface area contributed by atoms with Gasteiger partial charge in [-0.15, -0.1) is 0 Å². The van der Waals surface area contributed by atoms with E-state index >= 15 is 0 Å². The minimum atomic E-state index is -3.93. The highest BCUT2D eigenvalue weighted by molar-refractivity contribution is 7.92. The lowest BCUT2D eigenvalue weighted by molar-refractivity contribution is 0.166. The zero-order valence-electron chi connectivity index (χ0n) is 21.5. The fourth-order valence-corrected chi connectivity index (χ4v) is 7.06. The van der Waals surface area contributed by atoms with Crippen molar-refractivity contribution in [2.45, 2.75) is 49.8 Å². The summed E-state index contributed by atoms with van der Waals surface area (Å²) in [4.78, 5) is 13.9. The number of nitrogens with zero attached hydrogens (tertiary/aromatic N) is 3. The predicted molar refractivity (Wildman–Crippen MR) is 147 cm³/mol. The molecule has 4 bridgehead atoms. The number of aromatic nitrogens is 3. The fourth-order valence-electron chi connectivity index (χ4n) is 6.06. The molecule has 1 fully saturated rings. The lowest BCUT2D eigenvalue weighted by Gasteiger charge is -2.38. The van der Waals surface area contributed by atoms with Crippen molar-refractivity contribution in [1.29, 1.82) is 0 Å². The molecule has 2 aliphatic rings. The van der Waals surface area contributed by atoms with Gasteiger partial charge in [0.2, 0.25) is 11.8 Å². The molecule has 0 spiro atoms. The van der Waals surface area contributed by atoms with E-state index in [0.717, 1.165) is 47.2 Å². The molecule has 0 radical (unpaired) electrons. The zero-order valence-corrected chi connectivity index (χ0v) is 22.3. The average Bonchev–Trinajstić information content (AvgIpc) is 2.91. The van der Waals surface area contributed by atoms with Crippen molar-refractivity contribution >= 4 is 16.0 Å². The molecule has 1 N–H and O–H groups in total. The van der Waals surface area contributed by atoms with E-state index in [2.05, 4.69) is 25.7 Å². The SMILES string of the molecule is Cc1cccc(C)c1-c1cc2nc(n1)NS(=O)(=O)c1cccc(c1)C1[C@H](CCC[C@@H]1c1ccccn1)CO2. The minimum absolute atomic E-state index is 0.00214. The van der Waals surface area contributed by atoms with E-state index in [1.54, 1.807) is 12.1 Å². The van der Waals surface area contributed by atoms with E-state index < -0.39 is 10.0 Å². The van der Waals surface area contributed by atoms with Crippen LogP contribution in [0.1, 0.15) is 53.5 Å². The van der Waals surface area contributed by atoms with Gasteiger partial charge in [0.1, 0.15) is 0 Å². The summed E-state index contributed by atoms with van der Waals surface area (Å²) in [5, 5.41) is 0. The number of nitrogens with one attached hydrogen (secondary N) is 1. The molecule has 6 rings (SSSR count). The Morgan fingerprint density at radius 2 is 1.74 bits per heavy atom. The molecule has 2 aromatic heterocycles. The Bertz CT molecular complexity index is 1570. The summed E-state index contributed by atoms with van der Waals surface area (Å²) in [7, 11) is -3.93. The molecular weight excluding hydrogens is 496 g/mol. The van der Waals surface area contributed by atoms with Gasteiger partial charge in [-0.05, 0) is 73.6 Å². The van der Waals surface area contributed by atoms with E-state index in [9.17, 15) is 8.42 Å². The number of ether oxygens (including phenoxy) is 1. The van der Waals surface area contributed by atoms with Crippen LogP contribution in [-0.2, 0) is 10.0 Å². The Balaban J connectivity index is 1.49. The van der Waals surface area contributed by atoms with Crippen molar-refractivity contribution in [3.05, 3.63) is 95.3 Å². The molecule has 1 aliphatic heterocycles. The first-order valence-electron chi connectivity index (χ1n) is 13.0. The van der Waals surface area contributed by atoms with Crippen LogP contribution in [0.2, 0.25) is 0 Å². The highest BCUT2D eigenvalue weighted by Crippen LogP contribution is 2.47.